The first-order valence-corrected chi connectivity index (χ1v) is 15.2. The minimum absolute atomic E-state index is 0.0394. The molecule has 0 radical (unpaired) electrons. The second kappa shape index (κ2) is 14.1. The maximum atomic E-state index is 14.0. The van der Waals surface area contributed by atoms with E-state index in [2.05, 4.69) is 9.98 Å². The number of rotatable bonds is 13. The molecule has 5 rings (SSSR count). The number of aromatic nitrogens is 3. The molecule has 0 spiro atoms. The van der Waals surface area contributed by atoms with E-state index in [1.54, 1.807) is 24.1 Å². The first-order chi connectivity index (χ1) is 21.7. The summed E-state index contributed by atoms with van der Waals surface area (Å²) in [5.41, 5.74) is 0.797. The summed E-state index contributed by atoms with van der Waals surface area (Å²) in [6.45, 7) is 4.29. The zero-order chi connectivity index (χ0) is 32.1. The van der Waals surface area contributed by atoms with E-state index in [1.165, 1.54) is 26.3 Å². The van der Waals surface area contributed by atoms with E-state index < -0.39 is 23.2 Å². The third-order valence-corrected chi connectivity index (χ3v) is 8.00. The van der Waals surface area contributed by atoms with Crippen molar-refractivity contribution in [3.05, 3.63) is 85.7 Å². The van der Waals surface area contributed by atoms with Crippen LogP contribution in [0.25, 0.3) is 0 Å². The SMILES string of the molecule is CCCn1c(=O)c2c(n(CCCOC)c1=O)N=C(c1ccc(N(CCCN3CCCC3=O)C(=O)c3ccc(F)c(F)c3)nc1)C2. The van der Waals surface area contributed by atoms with Gasteiger partial charge in [0.15, 0.2) is 11.6 Å². The number of hydrogen-bond acceptors (Lipinski definition) is 7. The Morgan fingerprint density at radius 3 is 2.51 bits per heavy atom. The number of carbonyl (C=O) groups excluding carboxylic acids is 2. The maximum Gasteiger partial charge on any atom is 0.332 e. The molecule has 0 bridgehead atoms. The van der Waals surface area contributed by atoms with Gasteiger partial charge in [-0.1, -0.05) is 6.92 Å². The fourth-order valence-electron chi connectivity index (χ4n) is 5.70. The molecule has 45 heavy (non-hydrogen) atoms. The van der Waals surface area contributed by atoms with E-state index in [0.717, 1.165) is 18.6 Å². The molecule has 2 aliphatic rings. The number of anilines is 1. The van der Waals surface area contributed by atoms with Crippen LogP contribution in [-0.4, -0.2) is 69.9 Å². The lowest BCUT2D eigenvalue weighted by Crippen LogP contribution is -2.41. The maximum absolute atomic E-state index is 14.0. The molecule has 1 fully saturated rings. The highest BCUT2D eigenvalue weighted by molar-refractivity contribution is 6.07. The van der Waals surface area contributed by atoms with Gasteiger partial charge in [-0.05, 0) is 56.0 Å². The van der Waals surface area contributed by atoms with Gasteiger partial charge in [-0.3, -0.25) is 28.4 Å². The van der Waals surface area contributed by atoms with E-state index in [4.69, 9.17) is 4.74 Å². The molecule has 4 heterocycles. The third-order valence-electron chi connectivity index (χ3n) is 8.00. The number of hydrogen-bond donors (Lipinski definition) is 0. The molecule has 1 saturated heterocycles. The predicted octanol–water partition coefficient (Wildman–Crippen LogP) is 3.47. The van der Waals surface area contributed by atoms with Gasteiger partial charge in [0, 0.05) is 76.6 Å². The van der Waals surface area contributed by atoms with Gasteiger partial charge in [0.05, 0.1) is 11.3 Å². The standard InChI is InChI=1S/C32H36F2N6O5/c1-3-12-40-31(43)23-19-26(36-29(23)39(32(40)44)16-6-17-45-2)22-9-11-27(35-20-22)38(15-5-14-37-13-4-7-28(37)41)30(42)21-8-10-24(33)25(34)18-21/h8-11,18,20H,3-7,12-17,19H2,1-2H3. The Bertz CT molecular complexity index is 1730. The molecule has 3 aromatic rings. The van der Waals surface area contributed by atoms with Gasteiger partial charge in [-0.15, -0.1) is 0 Å². The van der Waals surface area contributed by atoms with Crippen LogP contribution in [0.3, 0.4) is 0 Å². The Kier molecular flexibility index (Phi) is 9.96. The Labute approximate surface area is 258 Å². The molecule has 0 saturated carbocycles. The number of fused-ring (bicyclic) bond motifs is 1. The van der Waals surface area contributed by atoms with Crippen molar-refractivity contribution in [1.82, 2.24) is 19.0 Å². The molecule has 13 heteroatoms. The number of likely N-dealkylation sites (tertiary alicyclic amines) is 1. The molecule has 2 aliphatic heterocycles. The van der Waals surface area contributed by atoms with Crippen molar-refractivity contribution in [2.75, 3.05) is 38.3 Å². The summed E-state index contributed by atoms with van der Waals surface area (Å²) in [5, 5.41) is 0. The minimum atomic E-state index is -1.13. The van der Waals surface area contributed by atoms with Crippen LogP contribution in [0.4, 0.5) is 20.4 Å². The minimum Gasteiger partial charge on any atom is -0.385 e. The van der Waals surface area contributed by atoms with Crippen molar-refractivity contribution in [3.63, 3.8) is 0 Å². The van der Waals surface area contributed by atoms with E-state index >= 15 is 0 Å². The van der Waals surface area contributed by atoms with Gasteiger partial charge in [-0.25, -0.2) is 23.6 Å². The lowest BCUT2D eigenvalue weighted by Gasteiger charge is -2.24. The van der Waals surface area contributed by atoms with Crippen LogP contribution in [0.5, 0.6) is 0 Å². The van der Waals surface area contributed by atoms with Crippen LogP contribution in [0.15, 0.2) is 51.1 Å². The topological polar surface area (TPSA) is 119 Å². The molecule has 0 aliphatic carbocycles. The molecular formula is C32H36F2N6O5. The summed E-state index contributed by atoms with van der Waals surface area (Å²) in [6, 6.07) is 6.32. The summed E-state index contributed by atoms with van der Waals surface area (Å²) in [7, 11) is 1.58. The van der Waals surface area contributed by atoms with Gasteiger partial charge in [-0.2, -0.15) is 0 Å². The summed E-state index contributed by atoms with van der Waals surface area (Å²) in [6.07, 6.45) is 4.70. The molecule has 0 atom stereocenters. The molecule has 2 amide bonds. The van der Waals surface area contributed by atoms with Crippen molar-refractivity contribution < 1.29 is 23.1 Å². The van der Waals surface area contributed by atoms with Gasteiger partial charge in [0.1, 0.15) is 11.6 Å². The van der Waals surface area contributed by atoms with E-state index in [1.807, 2.05) is 6.92 Å². The number of ether oxygens (including phenoxy) is 1. The second-order valence-electron chi connectivity index (χ2n) is 11.1. The fraction of sp³-hybridized carbons (Fsp3) is 0.438. The normalized spacial score (nSPS) is 14.2. The van der Waals surface area contributed by atoms with Crippen molar-refractivity contribution in [2.24, 2.45) is 4.99 Å². The molecule has 2 aromatic heterocycles. The highest BCUT2D eigenvalue weighted by atomic mass is 19.2. The number of aliphatic imine (C=N–C) groups is 1. The first-order valence-electron chi connectivity index (χ1n) is 15.2. The second-order valence-corrected chi connectivity index (χ2v) is 11.1. The number of halogens is 2. The quantitative estimate of drug-likeness (QED) is 0.270. The van der Waals surface area contributed by atoms with Crippen molar-refractivity contribution in [3.8, 4) is 0 Å². The highest BCUT2D eigenvalue weighted by Crippen LogP contribution is 2.27. The predicted molar refractivity (Wildman–Crippen MR) is 164 cm³/mol. The van der Waals surface area contributed by atoms with E-state index in [-0.39, 0.29) is 35.8 Å². The van der Waals surface area contributed by atoms with Gasteiger partial charge < -0.3 is 9.64 Å². The number of methoxy groups -OCH3 is 1. The third kappa shape index (κ3) is 6.77. The van der Waals surface area contributed by atoms with Crippen LogP contribution in [0.2, 0.25) is 0 Å². The smallest absolute Gasteiger partial charge is 0.332 e. The fourth-order valence-corrected chi connectivity index (χ4v) is 5.70. The number of carbonyl (C=O) groups is 2. The number of pyridine rings is 1. The molecule has 0 N–H and O–H groups in total. The molecule has 1 aromatic carbocycles. The van der Waals surface area contributed by atoms with Gasteiger partial charge in [0.25, 0.3) is 11.5 Å². The van der Waals surface area contributed by atoms with Crippen LogP contribution >= 0.6 is 0 Å². The number of benzene rings is 1. The molecule has 11 nitrogen and oxygen atoms in total. The van der Waals surface area contributed by atoms with E-state index in [9.17, 15) is 28.0 Å². The van der Waals surface area contributed by atoms with Crippen LogP contribution in [0, 0.1) is 11.6 Å². The van der Waals surface area contributed by atoms with Crippen molar-refractivity contribution in [1.29, 1.82) is 0 Å². The van der Waals surface area contributed by atoms with Crippen molar-refractivity contribution in [2.45, 2.75) is 58.5 Å². The zero-order valence-electron chi connectivity index (χ0n) is 25.4. The zero-order valence-corrected chi connectivity index (χ0v) is 25.4. The number of amides is 2. The molecule has 238 valence electrons. The lowest BCUT2D eigenvalue weighted by atomic mass is 10.1. The van der Waals surface area contributed by atoms with Gasteiger partial charge in [0.2, 0.25) is 5.91 Å². The lowest BCUT2D eigenvalue weighted by molar-refractivity contribution is -0.127. The average molecular weight is 623 g/mol. The number of nitrogens with zero attached hydrogens (tertiary/aromatic N) is 6. The molecular weight excluding hydrogens is 586 g/mol. The van der Waals surface area contributed by atoms with Gasteiger partial charge >= 0.3 is 5.69 Å². The summed E-state index contributed by atoms with van der Waals surface area (Å²) in [5.74, 6) is -2.08. The largest absolute Gasteiger partial charge is 0.385 e. The Hall–Kier alpha value is -4.52. The Balaban J connectivity index is 1.42. The first kappa shape index (κ1) is 31.9. The Morgan fingerprint density at radius 2 is 1.84 bits per heavy atom. The highest BCUT2D eigenvalue weighted by Gasteiger charge is 2.27. The Morgan fingerprint density at radius 1 is 1.02 bits per heavy atom. The van der Waals surface area contributed by atoms with E-state index in [0.29, 0.717) is 81.1 Å². The van der Waals surface area contributed by atoms with Crippen LogP contribution in [0.1, 0.15) is 60.5 Å². The summed E-state index contributed by atoms with van der Waals surface area (Å²) >= 11 is 0. The van der Waals surface area contributed by atoms with Crippen LogP contribution in [-0.2, 0) is 29.0 Å². The summed E-state index contributed by atoms with van der Waals surface area (Å²) in [4.78, 5) is 64.4. The monoisotopic (exact) mass is 622 g/mol. The van der Waals surface area contributed by atoms with Crippen molar-refractivity contribution >= 4 is 29.2 Å². The summed E-state index contributed by atoms with van der Waals surface area (Å²) < 4.78 is 35.5. The average Bonchev–Trinajstić information content (AvgIpc) is 3.67. The molecule has 0 unspecified atom stereocenters. The van der Waals surface area contributed by atoms with Crippen LogP contribution < -0.4 is 16.1 Å².